The van der Waals surface area contributed by atoms with Gasteiger partial charge in [-0.05, 0) is 25.7 Å². The molecule has 1 aliphatic carbocycles. The van der Waals surface area contributed by atoms with E-state index in [2.05, 4.69) is 11.8 Å². The maximum absolute atomic E-state index is 8.58. The fraction of sp³-hybridized carbons (Fsp3) is 0.905. The van der Waals surface area contributed by atoms with Gasteiger partial charge in [-0.3, -0.25) is 0 Å². The Balaban J connectivity index is 1.70. The molecule has 1 N–H and O–H groups in total. The van der Waals surface area contributed by atoms with Crippen molar-refractivity contribution in [2.45, 2.75) is 96.3 Å². The molecule has 0 bridgehead atoms. The van der Waals surface area contributed by atoms with Crippen LogP contribution in [0.4, 0.5) is 0 Å². The van der Waals surface area contributed by atoms with Crippen LogP contribution in [0.5, 0.6) is 0 Å². The van der Waals surface area contributed by atoms with E-state index in [9.17, 15) is 0 Å². The van der Waals surface area contributed by atoms with Crippen LogP contribution in [0, 0.1) is 17.8 Å². The first-order valence-corrected chi connectivity index (χ1v) is 10.1. The highest BCUT2D eigenvalue weighted by atomic mass is 16.5. The van der Waals surface area contributed by atoms with Crippen LogP contribution < -0.4 is 0 Å². The maximum Gasteiger partial charge on any atom is 0.0697 e. The Morgan fingerprint density at radius 2 is 1.30 bits per heavy atom. The third-order valence-corrected chi connectivity index (χ3v) is 4.74. The number of unbranched alkanes of at least 4 members (excludes halogenated alkanes) is 10. The molecule has 23 heavy (non-hydrogen) atoms. The predicted octanol–water partition coefficient (Wildman–Crippen LogP) is 5.48. The Morgan fingerprint density at radius 1 is 0.739 bits per heavy atom. The average molecular weight is 323 g/mol. The molecule has 1 saturated carbocycles. The number of aliphatic hydroxyl groups is 1. The van der Waals surface area contributed by atoms with Gasteiger partial charge in [0.1, 0.15) is 0 Å². The topological polar surface area (TPSA) is 29.5 Å². The van der Waals surface area contributed by atoms with Crippen molar-refractivity contribution in [1.29, 1.82) is 0 Å². The minimum Gasteiger partial charge on any atom is -0.394 e. The van der Waals surface area contributed by atoms with Crippen LogP contribution in [0.2, 0.25) is 0 Å². The monoisotopic (exact) mass is 322 g/mol. The van der Waals surface area contributed by atoms with E-state index < -0.39 is 0 Å². The minimum absolute atomic E-state index is 0.146. The molecule has 0 atom stereocenters. The highest BCUT2D eigenvalue weighted by molar-refractivity contribution is 5.04. The van der Waals surface area contributed by atoms with Gasteiger partial charge in [0.2, 0.25) is 0 Å². The molecule has 2 nitrogen and oxygen atoms in total. The Labute approximate surface area is 144 Å². The largest absolute Gasteiger partial charge is 0.394 e. The fourth-order valence-electron chi connectivity index (χ4n) is 3.28. The van der Waals surface area contributed by atoms with E-state index in [0.29, 0.717) is 6.61 Å². The van der Waals surface area contributed by atoms with Gasteiger partial charge in [0.15, 0.2) is 0 Å². The zero-order chi connectivity index (χ0) is 16.4. The molecular weight excluding hydrogens is 284 g/mol. The Morgan fingerprint density at radius 3 is 1.91 bits per heavy atom. The molecule has 0 radical (unpaired) electrons. The normalized spacial score (nSPS) is 14.8. The van der Waals surface area contributed by atoms with Crippen molar-refractivity contribution in [2.24, 2.45) is 5.92 Å². The van der Waals surface area contributed by atoms with E-state index in [1.54, 1.807) is 0 Å². The zero-order valence-corrected chi connectivity index (χ0v) is 15.2. The number of aliphatic hydroxyl groups excluding tert-OH is 1. The van der Waals surface area contributed by atoms with Gasteiger partial charge in [0.05, 0.1) is 13.2 Å². The van der Waals surface area contributed by atoms with Gasteiger partial charge >= 0.3 is 0 Å². The van der Waals surface area contributed by atoms with Gasteiger partial charge in [0.25, 0.3) is 0 Å². The van der Waals surface area contributed by atoms with Gasteiger partial charge in [0, 0.05) is 18.9 Å². The van der Waals surface area contributed by atoms with Crippen LogP contribution in [-0.2, 0) is 4.74 Å². The molecule has 0 amide bonds. The van der Waals surface area contributed by atoms with Crippen LogP contribution in [-0.4, -0.2) is 24.9 Å². The lowest BCUT2D eigenvalue weighted by atomic mass is 10.1. The van der Waals surface area contributed by atoms with Crippen molar-refractivity contribution < 1.29 is 9.84 Å². The third kappa shape index (κ3) is 13.6. The number of hydrogen-bond donors (Lipinski definition) is 1. The molecule has 0 aromatic rings. The van der Waals surface area contributed by atoms with Crippen LogP contribution in [0.25, 0.3) is 0 Å². The van der Waals surface area contributed by atoms with E-state index in [4.69, 9.17) is 9.84 Å². The SMILES string of the molecule is OCCOCCCCCCCCCCCCC#CC1CCCC1. The van der Waals surface area contributed by atoms with Crippen molar-refractivity contribution in [2.75, 3.05) is 19.8 Å². The molecule has 0 aliphatic heterocycles. The lowest BCUT2D eigenvalue weighted by Crippen LogP contribution is -2.00. The van der Waals surface area contributed by atoms with Crippen LogP contribution in [0.3, 0.4) is 0 Å². The summed E-state index contributed by atoms with van der Waals surface area (Å²) in [6.45, 7) is 1.45. The smallest absolute Gasteiger partial charge is 0.0697 e. The molecule has 0 aromatic heterocycles. The summed E-state index contributed by atoms with van der Waals surface area (Å²) < 4.78 is 5.25. The molecular formula is C21H38O2. The predicted molar refractivity (Wildman–Crippen MR) is 98.4 cm³/mol. The summed E-state index contributed by atoms with van der Waals surface area (Å²) in [4.78, 5) is 0. The van der Waals surface area contributed by atoms with E-state index in [1.807, 2.05) is 0 Å². The molecule has 0 heterocycles. The maximum atomic E-state index is 8.58. The molecule has 1 fully saturated rings. The minimum atomic E-state index is 0.146. The summed E-state index contributed by atoms with van der Waals surface area (Å²) >= 11 is 0. The highest BCUT2D eigenvalue weighted by Crippen LogP contribution is 2.23. The van der Waals surface area contributed by atoms with Gasteiger partial charge < -0.3 is 9.84 Å². The lowest BCUT2D eigenvalue weighted by Gasteiger charge is -2.03. The zero-order valence-electron chi connectivity index (χ0n) is 15.2. The first kappa shape index (κ1) is 20.5. The molecule has 1 aliphatic rings. The average Bonchev–Trinajstić information content (AvgIpc) is 3.08. The Hall–Kier alpha value is -0.520. The molecule has 0 unspecified atom stereocenters. The number of rotatable bonds is 14. The second kappa shape index (κ2) is 16.3. The van der Waals surface area contributed by atoms with Crippen LogP contribution >= 0.6 is 0 Å². The van der Waals surface area contributed by atoms with Crippen molar-refractivity contribution >= 4 is 0 Å². The van der Waals surface area contributed by atoms with E-state index >= 15 is 0 Å². The van der Waals surface area contributed by atoms with Gasteiger partial charge in [-0.1, -0.05) is 70.1 Å². The summed E-state index contributed by atoms with van der Waals surface area (Å²) in [5.74, 6) is 7.59. The van der Waals surface area contributed by atoms with Gasteiger partial charge in [-0.15, -0.1) is 5.92 Å². The second-order valence-corrected chi connectivity index (χ2v) is 6.92. The standard InChI is InChI=1S/C21H38O2/c22-18-20-23-19-14-10-8-6-4-2-1-3-5-7-9-11-15-21-16-12-13-17-21/h21-22H,1-10,12-14,16-20H2. The van der Waals surface area contributed by atoms with E-state index in [1.165, 1.54) is 83.5 Å². The summed E-state index contributed by atoms with van der Waals surface area (Å²) in [7, 11) is 0. The first-order valence-electron chi connectivity index (χ1n) is 10.1. The number of ether oxygens (including phenoxy) is 1. The third-order valence-electron chi connectivity index (χ3n) is 4.74. The lowest BCUT2D eigenvalue weighted by molar-refractivity contribution is 0.0895. The van der Waals surface area contributed by atoms with Gasteiger partial charge in [-0.2, -0.15) is 0 Å². The Bertz CT molecular complexity index is 297. The van der Waals surface area contributed by atoms with Gasteiger partial charge in [-0.25, -0.2) is 0 Å². The molecule has 134 valence electrons. The van der Waals surface area contributed by atoms with Crippen molar-refractivity contribution in [3.05, 3.63) is 0 Å². The quantitative estimate of drug-likeness (QED) is 0.339. The summed E-state index contributed by atoms with van der Waals surface area (Å²) in [6, 6.07) is 0. The van der Waals surface area contributed by atoms with Crippen molar-refractivity contribution in [3.63, 3.8) is 0 Å². The fourth-order valence-corrected chi connectivity index (χ4v) is 3.28. The molecule has 2 heteroatoms. The summed E-state index contributed by atoms with van der Waals surface area (Å²) in [5.41, 5.74) is 0. The summed E-state index contributed by atoms with van der Waals surface area (Å²) in [5, 5.41) is 8.58. The molecule has 0 spiro atoms. The van der Waals surface area contributed by atoms with Crippen LogP contribution in [0.15, 0.2) is 0 Å². The number of hydrogen-bond acceptors (Lipinski definition) is 2. The molecule has 1 rings (SSSR count). The van der Waals surface area contributed by atoms with E-state index in [-0.39, 0.29) is 6.61 Å². The summed E-state index contributed by atoms with van der Waals surface area (Å²) in [6.07, 6.45) is 20.0. The van der Waals surface area contributed by atoms with Crippen LogP contribution in [0.1, 0.15) is 96.3 Å². The second-order valence-electron chi connectivity index (χ2n) is 6.92. The highest BCUT2D eigenvalue weighted by Gasteiger charge is 2.10. The first-order chi connectivity index (χ1) is 11.4. The van der Waals surface area contributed by atoms with Crippen molar-refractivity contribution in [1.82, 2.24) is 0 Å². The van der Waals surface area contributed by atoms with E-state index in [0.717, 1.165) is 25.4 Å². The molecule has 0 saturated heterocycles. The van der Waals surface area contributed by atoms with Crippen molar-refractivity contribution in [3.8, 4) is 11.8 Å². The Kier molecular flexibility index (Phi) is 14.6. The molecule has 0 aromatic carbocycles.